The average Bonchev–Trinajstić information content (AvgIpc) is 2.47. The van der Waals surface area contributed by atoms with Gasteiger partial charge in [0.15, 0.2) is 5.82 Å². The van der Waals surface area contributed by atoms with Gasteiger partial charge in [0.1, 0.15) is 5.82 Å². The van der Waals surface area contributed by atoms with Crippen LogP contribution in [0.3, 0.4) is 0 Å². The molecular formula is C13H12F2N4O2. The number of aromatic nitrogens is 2. The summed E-state index contributed by atoms with van der Waals surface area (Å²) in [6.07, 6.45) is 2.51. The number of hydrazine groups is 1. The molecule has 6 nitrogen and oxygen atoms in total. The number of aryl methyl sites for hydroxylation is 1. The van der Waals surface area contributed by atoms with Crippen LogP contribution in [0.15, 0.2) is 24.5 Å². The Morgan fingerprint density at radius 3 is 2.57 bits per heavy atom. The van der Waals surface area contributed by atoms with Crippen molar-refractivity contribution < 1.29 is 18.3 Å². The number of amides is 1. The second-order valence-corrected chi connectivity index (χ2v) is 4.09. The van der Waals surface area contributed by atoms with Crippen molar-refractivity contribution in [1.82, 2.24) is 15.4 Å². The molecule has 2 rings (SSSR count). The van der Waals surface area contributed by atoms with Crippen LogP contribution in [0.5, 0.6) is 5.88 Å². The van der Waals surface area contributed by atoms with E-state index in [0.29, 0.717) is 0 Å². The number of hydrogen-bond acceptors (Lipinski definition) is 5. The van der Waals surface area contributed by atoms with E-state index in [1.165, 1.54) is 26.4 Å². The van der Waals surface area contributed by atoms with Gasteiger partial charge in [0.25, 0.3) is 5.91 Å². The van der Waals surface area contributed by atoms with Crippen LogP contribution in [0, 0.1) is 18.6 Å². The Kier molecular flexibility index (Phi) is 4.27. The van der Waals surface area contributed by atoms with Gasteiger partial charge < -0.3 is 4.74 Å². The van der Waals surface area contributed by atoms with Gasteiger partial charge in [-0.2, -0.15) is 0 Å². The lowest BCUT2D eigenvalue weighted by atomic mass is 10.2. The van der Waals surface area contributed by atoms with Gasteiger partial charge in [-0.25, -0.2) is 13.8 Å². The van der Waals surface area contributed by atoms with Crippen LogP contribution >= 0.6 is 0 Å². The van der Waals surface area contributed by atoms with Crippen LogP contribution < -0.4 is 15.6 Å². The van der Waals surface area contributed by atoms with E-state index >= 15 is 0 Å². The summed E-state index contributed by atoms with van der Waals surface area (Å²) in [6, 6.07) is 2.16. The van der Waals surface area contributed by atoms with Crippen LogP contribution in [0.2, 0.25) is 0 Å². The van der Waals surface area contributed by atoms with Gasteiger partial charge >= 0.3 is 0 Å². The van der Waals surface area contributed by atoms with Crippen molar-refractivity contribution in [3.05, 3.63) is 47.4 Å². The van der Waals surface area contributed by atoms with Crippen LogP contribution in [-0.4, -0.2) is 23.0 Å². The molecule has 0 unspecified atom stereocenters. The number of nitrogens with one attached hydrogen (secondary N) is 2. The molecule has 0 spiro atoms. The van der Waals surface area contributed by atoms with E-state index in [1.807, 2.05) is 0 Å². The first-order chi connectivity index (χ1) is 10.0. The molecular weight excluding hydrogens is 282 g/mol. The van der Waals surface area contributed by atoms with Crippen molar-refractivity contribution in [1.29, 1.82) is 0 Å². The van der Waals surface area contributed by atoms with Gasteiger partial charge in [-0.1, -0.05) is 0 Å². The Balaban J connectivity index is 2.03. The third-order valence-electron chi connectivity index (χ3n) is 2.61. The summed E-state index contributed by atoms with van der Waals surface area (Å²) in [5.74, 6) is -2.03. The van der Waals surface area contributed by atoms with E-state index in [9.17, 15) is 13.6 Å². The van der Waals surface area contributed by atoms with Gasteiger partial charge in [-0.05, 0) is 13.0 Å². The highest BCUT2D eigenvalue weighted by Crippen LogP contribution is 2.16. The fraction of sp³-hybridized carbons (Fsp3) is 0.154. The SMILES string of the molecule is COc1ncc(NNC(=O)c2cnc(C)c(F)c2)cc1F. The maximum Gasteiger partial charge on any atom is 0.271 e. The zero-order chi connectivity index (χ0) is 15.4. The number of anilines is 1. The minimum Gasteiger partial charge on any atom is -0.479 e. The second kappa shape index (κ2) is 6.12. The van der Waals surface area contributed by atoms with Crippen molar-refractivity contribution in [2.75, 3.05) is 12.5 Å². The molecule has 1 amide bonds. The molecule has 0 fully saturated rings. The molecule has 2 aromatic rings. The van der Waals surface area contributed by atoms with Crippen molar-refractivity contribution in [2.24, 2.45) is 0 Å². The summed E-state index contributed by atoms with van der Waals surface area (Å²) >= 11 is 0. The normalized spacial score (nSPS) is 10.1. The second-order valence-electron chi connectivity index (χ2n) is 4.09. The number of ether oxygens (including phenoxy) is 1. The molecule has 0 radical (unpaired) electrons. The molecule has 0 aliphatic heterocycles. The molecule has 0 bridgehead atoms. The van der Waals surface area contributed by atoms with Crippen LogP contribution in [0.25, 0.3) is 0 Å². The summed E-state index contributed by atoms with van der Waals surface area (Å²) in [5.41, 5.74) is 5.19. The number of carbonyl (C=O) groups is 1. The maximum absolute atomic E-state index is 13.4. The van der Waals surface area contributed by atoms with Crippen LogP contribution in [0.1, 0.15) is 16.1 Å². The van der Waals surface area contributed by atoms with Crippen LogP contribution in [0.4, 0.5) is 14.5 Å². The number of rotatable bonds is 4. The van der Waals surface area contributed by atoms with Gasteiger partial charge in [0.05, 0.1) is 30.3 Å². The molecule has 2 aromatic heterocycles. The van der Waals surface area contributed by atoms with Crippen LogP contribution in [-0.2, 0) is 0 Å². The first-order valence-electron chi connectivity index (χ1n) is 5.89. The fourth-order valence-corrected chi connectivity index (χ4v) is 1.48. The van der Waals surface area contributed by atoms with E-state index in [1.54, 1.807) is 0 Å². The number of nitrogens with zero attached hydrogens (tertiary/aromatic N) is 2. The molecule has 0 aromatic carbocycles. The monoisotopic (exact) mass is 294 g/mol. The minimum absolute atomic E-state index is 0.0348. The van der Waals surface area contributed by atoms with Gasteiger partial charge in [0, 0.05) is 12.3 Å². The van der Waals surface area contributed by atoms with Gasteiger partial charge in [-0.15, -0.1) is 0 Å². The first-order valence-corrected chi connectivity index (χ1v) is 5.89. The third kappa shape index (κ3) is 3.41. The summed E-state index contributed by atoms with van der Waals surface area (Å²) < 4.78 is 31.4. The summed E-state index contributed by atoms with van der Waals surface area (Å²) in [6.45, 7) is 1.49. The molecule has 110 valence electrons. The third-order valence-corrected chi connectivity index (χ3v) is 2.61. The molecule has 2 heterocycles. The number of pyridine rings is 2. The molecule has 0 saturated heterocycles. The minimum atomic E-state index is -0.681. The lowest BCUT2D eigenvalue weighted by molar-refractivity contribution is 0.0961. The number of hydrogen-bond donors (Lipinski definition) is 2. The molecule has 21 heavy (non-hydrogen) atoms. The smallest absolute Gasteiger partial charge is 0.271 e. The predicted octanol–water partition coefficient (Wildman–Crippen LogP) is 1.83. The lowest BCUT2D eigenvalue weighted by Crippen LogP contribution is -2.29. The van der Waals surface area contributed by atoms with E-state index < -0.39 is 17.5 Å². The standard InChI is InChI=1S/C13H12F2N4O2/c1-7-10(14)3-8(5-16-7)12(20)19-18-9-4-11(15)13(21-2)17-6-9/h3-6,18H,1-2H3,(H,19,20). The quantitative estimate of drug-likeness (QED) is 0.841. The molecule has 0 saturated carbocycles. The van der Waals surface area contributed by atoms with Gasteiger partial charge in [-0.3, -0.25) is 20.6 Å². The predicted molar refractivity (Wildman–Crippen MR) is 70.8 cm³/mol. The summed E-state index contributed by atoms with van der Waals surface area (Å²) in [7, 11) is 1.29. The molecule has 0 atom stereocenters. The Bertz CT molecular complexity index is 679. The van der Waals surface area contributed by atoms with E-state index in [4.69, 9.17) is 0 Å². The Morgan fingerprint density at radius 1 is 1.19 bits per heavy atom. The van der Waals surface area contributed by atoms with Crippen molar-refractivity contribution in [3.8, 4) is 5.88 Å². The van der Waals surface area contributed by atoms with Gasteiger partial charge in [0.2, 0.25) is 5.88 Å². The highest BCUT2D eigenvalue weighted by atomic mass is 19.1. The van der Waals surface area contributed by atoms with Crippen molar-refractivity contribution in [2.45, 2.75) is 6.92 Å². The van der Waals surface area contributed by atoms with E-state index in [2.05, 4.69) is 25.6 Å². The number of methoxy groups -OCH3 is 1. The topological polar surface area (TPSA) is 76.1 Å². The Labute approximate surface area is 119 Å². The molecule has 0 aliphatic rings. The fourth-order valence-electron chi connectivity index (χ4n) is 1.48. The zero-order valence-electron chi connectivity index (χ0n) is 11.3. The molecule has 0 aliphatic carbocycles. The first kappa shape index (κ1) is 14.6. The largest absolute Gasteiger partial charge is 0.479 e. The Hall–Kier alpha value is -2.77. The Morgan fingerprint density at radius 2 is 1.95 bits per heavy atom. The summed E-state index contributed by atoms with van der Waals surface area (Å²) in [4.78, 5) is 19.2. The lowest BCUT2D eigenvalue weighted by Gasteiger charge is -2.09. The average molecular weight is 294 g/mol. The van der Waals surface area contributed by atoms with E-state index in [0.717, 1.165) is 12.1 Å². The van der Waals surface area contributed by atoms with E-state index in [-0.39, 0.29) is 22.8 Å². The molecule has 8 heteroatoms. The molecule has 2 N–H and O–H groups in total. The maximum atomic E-state index is 13.4. The summed E-state index contributed by atoms with van der Waals surface area (Å²) in [5, 5.41) is 0. The number of carbonyl (C=O) groups excluding carboxylic acids is 1. The zero-order valence-corrected chi connectivity index (χ0v) is 11.3. The highest BCUT2D eigenvalue weighted by Gasteiger charge is 2.10. The van der Waals surface area contributed by atoms with Crippen molar-refractivity contribution >= 4 is 11.6 Å². The highest BCUT2D eigenvalue weighted by molar-refractivity contribution is 5.94. The number of halogens is 2. The van der Waals surface area contributed by atoms with Crippen molar-refractivity contribution in [3.63, 3.8) is 0 Å².